The Kier molecular flexibility index (Phi) is 6.65. The van der Waals surface area contributed by atoms with Gasteiger partial charge in [0.15, 0.2) is 5.65 Å². The fourth-order valence-electron chi connectivity index (χ4n) is 6.96. The number of carbonyl (C=O) groups is 3. The van der Waals surface area contributed by atoms with Crippen LogP contribution < -0.4 is 4.90 Å². The Morgan fingerprint density at radius 3 is 2.70 bits per heavy atom. The van der Waals surface area contributed by atoms with Crippen LogP contribution in [0.1, 0.15) is 67.8 Å². The molecule has 40 heavy (non-hydrogen) atoms. The molecule has 4 heterocycles. The van der Waals surface area contributed by atoms with Gasteiger partial charge in [0.2, 0.25) is 11.8 Å². The van der Waals surface area contributed by atoms with Gasteiger partial charge in [-0.1, -0.05) is 31.2 Å². The lowest BCUT2D eigenvalue weighted by Gasteiger charge is -2.55. The molecule has 1 aromatic carbocycles. The molecule has 206 valence electrons. The smallest absolute Gasteiger partial charge is 0.239 e. The van der Waals surface area contributed by atoms with Gasteiger partial charge >= 0.3 is 0 Å². The largest absolute Gasteiger partial charge is 0.353 e. The van der Waals surface area contributed by atoms with Crippen LogP contribution in [0.25, 0.3) is 11.0 Å². The zero-order valence-corrected chi connectivity index (χ0v) is 23.0. The number of benzene rings is 1. The molecule has 1 saturated carbocycles. The van der Waals surface area contributed by atoms with Gasteiger partial charge in [-0.25, -0.2) is 9.97 Å². The molecule has 0 radical (unpaired) electrons. The summed E-state index contributed by atoms with van der Waals surface area (Å²) in [5.74, 6) is 1.04. The number of likely N-dealkylation sites (tertiary alicyclic amines) is 1. The number of rotatable bonds is 6. The van der Waals surface area contributed by atoms with Gasteiger partial charge in [-0.05, 0) is 55.7 Å². The van der Waals surface area contributed by atoms with Crippen molar-refractivity contribution in [1.29, 1.82) is 5.26 Å². The molecule has 3 aliphatic rings. The van der Waals surface area contributed by atoms with Crippen LogP contribution in [0.5, 0.6) is 0 Å². The maximum atomic E-state index is 13.6. The topological polar surface area (TPSA) is 112 Å². The molecule has 2 aromatic heterocycles. The number of aromatic nitrogens is 3. The van der Waals surface area contributed by atoms with E-state index in [1.54, 1.807) is 10.8 Å². The number of anilines is 1. The van der Waals surface area contributed by atoms with Crippen LogP contribution in [0.2, 0.25) is 0 Å². The van der Waals surface area contributed by atoms with Crippen molar-refractivity contribution in [3.05, 3.63) is 54.0 Å². The molecule has 2 unspecified atom stereocenters. The van der Waals surface area contributed by atoms with E-state index in [1.165, 1.54) is 6.33 Å². The molecule has 2 aliphatic heterocycles. The molecule has 4 atom stereocenters. The predicted octanol–water partition coefficient (Wildman–Crippen LogP) is 4.13. The van der Waals surface area contributed by atoms with Crippen molar-refractivity contribution < 1.29 is 14.4 Å². The number of ketones is 1. The minimum absolute atomic E-state index is 0.0721. The third-order valence-corrected chi connectivity index (χ3v) is 9.48. The average Bonchev–Trinajstić information content (AvgIpc) is 3.71. The summed E-state index contributed by atoms with van der Waals surface area (Å²) in [5, 5.41) is 9.82. The minimum Gasteiger partial charge on any atom is -0.353 e. The number of amides is 1. The highest BCUT2D eigenvalue weighted by Gasteiger charge is 2.56. The van der Waals surface area contributed by atoms with E-state index in [4.69, 9.17) is 5.26 Å². The van der Waals surface area contributed by atoms with E-state index >= 15 is 0 Å². The third kappa shape index (κ3) is 4.26. The maximum absolute atomic E-state index is 13.6. The first-order valence-corrected chi connectivity index (χ1v) is 14.2. The van der Waals surface area contributed by atoms with Crippen molar-refractivity contribution in [1.82, 2.24) is 19.4 Å². The molecule has 1 aliphatic carbocycles. The second-order valence-electron chi connectivity index (χ2n) is 11.7. The number of nitrogens with zero attached hydrogens (tertiary/aromatic N) is 6. The van der Waals surface area contributed by atoms with Crippen LogP contribution in [0.4, 0.5) is 5.82 Å². The molecule has 0 bridgehead atoms. The summed E-state index contributed by atoms with van der Waals surface area (Å²) in [6.07, 6.45) is 7.40. The van der Waals surface area contributed by atoms with Gasteiger partial charge in [0.05, 0.1) is 22.9 Å². The molecule has 1 amide bonds. The Labute approximate surface area is 233 Å². The maximum Gasteiger partial charge on any atom is 0.239 e. The van der Waals surface area contributed by atoms with E-state index in [-0.39, 0.29) is 35.6 Å². The van der Waals surface area contributed by atoms with E-state index in [2.05, 4.69) is 21.8 Å². The lowest BCUT2D eigenvalue weighted by Crippen LogP contribution is -2.69. The molecular formula is C31H34N6O3. The molecule has 6 rings (SSSR count). The van der Waals surface area contributed by atoms with Gasteiger partial charge in [-0.15, -0.1) is 0 Å². The third-order valence-electron chi connectivity index (χ3n) is 9.48. The average molecular weight is 539 g/mol. The summed E-state index contributed by atoms with van der Waals surface area (Å²) in [5.41, 5.74) is 2.34. The second-order valence-corrected chi connectivity index (χ2v) is 11.7. The van der Waals surface area contributed by atoms with Gasteiger partial charge in [0, 0.05) is 38.2 Å². The molecular weight excluding hydrogens is 504 g/mol. The number of nitriles is 1. The Bertz CT molecular complexity index is 1520. The Morgan fingerprint density at radius 1 is 1.20 bits per heavy atom. The van der Waals surface area contributed by atoms with E-state index in [1.807, 2.05) is 48.2 Å². The van der Waals surface area contributed by atoms with E-state index in [9.17, 15) is 14.4 Å². The van der Waals surface area contributed by atoms with Gasteiger partial charge < -0.3 is 9.80 Å². The number of hydrogen-bond acceptors (Lipinski definition) is 7. The van der Waals surface area contributed by atoms with Gasteiger partial charge in [0.1, 0.15) is 24.3 Å². The van der Waals surface area contributed by atoms with E-state index < -0.39 is 0 Å². The van der Waals surface area contributed by atoms with Gasteiger partial charge in [0.25, 0.3) is 0 Å². The van der Waals surface area contributed by atoms with Crippen LogP contribution in [-0.2, 0) is 16.0 Å². The number of hydrogen-bond donors (Lipinski definition) is 0. The second kappa shape index (κ2) is 10.2. The molecule has 2 saturated heterocycles. The summed E-state index contributed by atoms with van der Waals surface area (Å²) >= 11 is 0. The van der Waals surface area contributed by atoms with Gasteiger partial charge in [-0.3, -0.25) is 19.0 Å². The first-order valence-electron chi connectivity index (χ1n) is 14.2. The Morgan fingerprint density at radius 2 is 2.00 bits per heavy atom. The number of Topliss-reactive ketones (excluding diaryl/α,β-unsaturated/α-hetero) is 1. The van der Waals surface area contributed by atoms with Crippen molar-refractivity contribution >= 4 is 34.4 Å². The quantitative estimate of drug-likeness (QED) is 0.464. The van der Waals surface area contributed by atoms with Crippen LogP contribution in [0.15, 0.2) is 42.9 Å². The standard InChI is InChI=1S/C31H34N6O3/c1-20-17-37(27(39)10-13-32)31(20)12-15-35(18-31)28-25-11-14-36(29(25)34-19-33-28)30(40)21(2)23-8-6-22(7-9-23)16-24-4-3-5-26(24)38/h6-9,11,14,19-21,24H,3-5,10,12,15-18H2,1-2H3/t20-,21?,24?,31-/m0/s1. The molecule has 1 spiro atoms. The zero-order valence-electron chi connectivity index (χ0n) is 23.0. The fourth-order valence-corrected chi connectivity index (χ4v) is 6.96. The first kappa shape index (κ1) is 26.2. The lowest BCUT2D eigenvalue weighted by atomic mass is 9.74. The summed E-state index contributed by atoms with van der Waals surface area (Å²) in [4.78, 5) is 51.3. The normalized spacial score (nSPS) is 24.9. The Balaban J connectivity index is 1.20. The number of fused-ring (bicyclic) bond motifs is 1. The highest BCUT2D eigenvalue weighted by molar-refractivity contribution is 5.97. The fraction of sp³-hybridized carbons (Fsp3) is 0.484. The van der Waals surface area contributed by atoms with Crippen molar-refractivity contribution in [2.75, 3.05) is 24.5 Å². The zero-order chi connectivity index (χ0) is 28.0. The van der Waals surface area contributed by atoms with E-state index in [0.717, 1.165) is 54.6 Å². The summed E-state index contributed by atoms with van der Waals surface area (Å²) < 4.78 is 1.61. The number of carbonyl (C=O) groups excluding carboxylic acids is 3. The summed E-state index contributed by atoms with van der Waals surface area (Å²) in [6, 6.07) is 11.9. The van der Waals surface area contributed by atoms with Gasteiger partial charge in [-0.2, -0.15) is 5.26 Å². The van der Waals surface area contributed by atoms with Crippen LogP contribution in [0.3, 0.4) is 0 Å². The SMILES string of the molecule is CC(C(=O)n1ccc2c(N3CC[C@]4(C3)[C@@H](C)CN4C(=O)CC#N)ncnc21)c1ccc(CC2CCCC2=O)cc1. The van der Waals surface area contributed by atoms with Crippen molar-refractivity contribution in [3.63, 3.8) is 0 Å². The first-order chi connectivity index (χ1) is 19.3. The van der Waals surface area contributed by atoms with Crippen molar-refractivity contribution in [2.24, 2.45) is 11.8 Å². The molecule has 3 aromatic rings. The molecule has 9 nitrogen and oxygen atoms in total. The van der Waals surface area contributed by atoms with E-state index in [0.29, 0.717) is 36.9 Å². The monoisotopic (exact) mass is 538 g/mol. The highest BCUT2D eigenvalue weighted by Crippen LogP contribution is 2.45. The molecule has 0 N–H and O–H groups in total. The highest BCUT2D eigenvalue weighted by atomic mass is 16.2. The minimum atomic E-state index is -0.373. The van der Waals surface area contributed by atoms with Crippen LogP contribution >= 0.6 is 0 Å². The molecule has 3 fully saturated rings. The predicted molar refractivity (Wildman–Crippen MR) is 150 cm³/mol. The molecule has 9 heteroatoms. The van der Waals surface area contributed by atoms with Crippen molar-refractivity contribution in [3.8, 4) is 6.07 Å². The van der Waals surface area contributed by atoms with Crippen LogP contribution in [-0.4, -0.2) is 62.2 Å². The lowest BCUT2D eigenvalue weighted by molar-refractivity contribution is -0.152. The Hall–Kier alpha value is -4.06. The summed E-state index contributed by atoms with van der Waals surface area (Å²) in [7, 11) is 0. The van der Waals surface area contributed by atoms with Crippen LogP contribution in [0, 0.1) is 23.2 Å². The van der Waals surface area contributed by atoms with Crippen molar-refractivity contribution in [2.45, 2.75) is 63.8 Å². The summed E-state index contributed by atoms with van der Waals surface area (Å²) in [6.45, 7) is 6.12.